The van der Waals surface area contributed by atoms with Crippen LogP contribution in [0.15, 0.2) is 102 Å². The third kappa shape index (κ3) is 7.48. The molecule has 0 atom stereocenters. The van der Waals surface area contributed by atoms with Crippen molar-refractivity contribution in [3.05, 3.63) is 113 Å². The lowest BCUT2D eigenvalue weighted by Crippen LogP contribution is -2.38. The van der Waals surface area contributed by atoms with Crippen molar-refractivity contribution in [2.45, 2.75) is 31.1 Å². The van der Waals surface area contributed by atoms with E-state index in [0.717, 1.165) is 9.87 Å². The van der Waals surface area contributed by atoms with Gasteiger partial charge < -0.3 is 15.4 Å². The van der Waals surface area contributed by atoms with Crippen LogP contribution in [0.25, 0.3) is 0 Å². The van der Waals surface area contributed by atoms with Crippen LogP contribution >= 0.6 is 11.6 Å². The highest BCUT2D eigenvalue weighted by Crippen LogP contribution is 2.27. The summed E-state index contributed by atoms with van der Waals surface area (Å²) >= 11 is 6.02. The van der Waals surface area contributed by atoms with Crippen LogP contribution in [-0.4, -0.2) is 33.9 Å². The van der Waals surface area contributed by atoms with Crippen LogP contribution in [0.5, 0.6) is 5.75 Å². The van der Waals surface area contributed by atoms with Gasteiger partial charge in [0.25, 0.3) is 15.9 Å². The first-order valence-corrected chi connectivity index (χ1v) is 14.9. The molecule has 0 radical (unpaired) electrons. The molecule has 0 saturated heterocycles. The number of amides is 2. The number of methoxy groups -OCH3 is 1. The molecular formula is C32H32ClN3O5S. The molecular weight excluding hydrogens is 574 g/mol. The third-order valence-electron chi connectivity index (χ3n) is 6.47. The molecule has 0 aliphatic heterocycles. The summed E-state index contributed by atoms with van der Waals surface area (Å²) < 4.78 is 33.4. The Labute approximate surface area is 251 Å². The molecule has 218 valence electrons. The van der Waals surface area contributed by atoms with E-state index in [1.165, 1.54) is 43.5 Å². The average Bonchev–Trinajstić information content (AvgIpc) is 2.96. The fourth-order valence-electron chi connectivity index (χ4n) is 4.13. The fourth-order valence-corrected chi connectivity index (χ4v) is 5.67. The van der Waals surface area contributed by atoms with Gasteiger partial charge >= 0.3 is 0 Å². The molecule has 10 heteroatoms. The summed E-state index contributed by atoms with van der Waals surface area (Å²) in [7, 11) is -2.64. The molecule has 0 spiro atoms. The smallest absolute Gasteiger partial charge is 0.264 e. The predicted octanol–water partition coefficient (Wildman–Crippen LogP) is 6.73. The Balaban J connectivity index is 1.51. The quantitative estimate of drug-likeness (QED) is 0.220. The van der Waals surface area contributed by atoms with Crippen LogP contribution in [0.3, 0.4) is 0 Å². The third-order valence-corrected chi connectivity index (χ3v) is 8.51. The summed E-state index contributed by atoms with van der Waals surface area (Å²) in [4.78, 5) is 26.0. The van der Waals surface area contributed by atoms with E-state index < -0.39 is 22.5 Å². The number of carbonyl (C=O) groups excluding carboxylic acids is 2. The largest absolute Gasteiger partial charge is 0.497 e. The molecule has 0 aliphatic carbocycles. The predicted molar refractivity (Wildman–Crippen MR) is 167 cm³/mol. The molecule has 8 nitrogen and oxygen atoms in total. The monoisotopic (exact) mass is 605 g/mol. The van der Waals surface area contributed by atoms with Crippen LogP contribution < -0.4 is 19.7 Å². The number of benzene rings is 4. The number of anilines is 3. The Bertz CT molecular complexity index is 1670. The highest BCUT2D eigenvalue weighted by molar-refractivity contribution is 7.92. The second-order valence-corrected chi connectivity index (χ2v) is 12.9. The van der Waals surface area contributed by atoms with Gasteiger partial charge in [0.1, 0.15) is 12.3 Å². The minimum absolute atomic E-state index is 0.00806. The first-order valence-electron chi connectivity index (χ1n) is 13.1. The highest BCUT2D eigenvalue weighted by atomic mass is 35.5. The molecule has 4 aromatic rings. The summed E-state index contributed by atoms with van der Waals surface area (Å²) in [5.41, 5.74) is 2.71. The Hall–Kier alpha value is -4.34. The number of hydrogen-bond donors (Lipinski definition) is 2. The fraction of sp³-hybridized carbons (Fsp3) is 0.188. The van der Waals surface area contributed by atoms with E-state index in [9.17, 15) is 18.0 Å². The first kappa shape index (κ1) is 30.6. The molecule has 42 heavy (non-hydrogen) atoms. The molecule has 2 N–H and O–H groups in total. The van der Waals surface area contributed by atoms with Crippen molar-refractivity contribution in [3.63, 3.8) is 0 Å². The second kappa shape index (κ2) is 12.7. The molecule has 0 bridgehead atoms. The van der Waals surface area contributed by atoms with Gasteiger partial charge in [0.2, 0.25) is 5.91 Å². The molecule has 0 unspecified atom stereocenters. The molecule has 0 aliphatic rings. The van der Waals surface area contributed by atoms with Crippen LogP contribution in [0.2, 0.25) is 5.02 Å². The molecule has 0 fully saturated rings. The van der Waals surface area contributed by atoms with Crippen molar-refractivity contribution >= 4 is 50.5 Å². The van der Waals surface area contributed by atoms with E-state index in [1.807, 2.05) is 12.1 Å². The van der Waals surface area contributed by atoms with Gasteiger partial charge in [0.05, 0.1) is 17.7 Å². The Morgan fingerprint density at radius 3 is 2.00 bits per heavy atom. The van der Waals surface area contributed by atoms with Gasteiger partial charge in [-0.25, -0.2) is 8.42 Å². The second-order valence-electron chi connectivity index (χ2n) is 10.6. The molecule has 2 amide bonds. The molecule has 4 rings (SSSR count). The maximum atomic E-state index is 13.6. The van der Waals surface area contributed by atoms with E-state index in [0.29, 0.717) is 27.7 Å². The van der Waals surface area contributed by atoms with Crippen LogP contribution in [-0.2, 0) is 20.2 Å². The zero-order valence-corrected chi connectivity index (χ0v) is 25.3. The minimum Gasteiger partial charge on any atom is -0.497 e. The number of ether oxygens (including phenoxy) is 1. The first-order chi connectivity index (χ1) is 19.9. The number of halogens is 1. The average molecular weight is 606 g/mol. The maximum absolute atomic E-state index is 13.6. The van der Waals surface area contributed by atoms with Crippen molar-refractivity contribution < 1.29 is 22.7 Å². The van der Waals surface area contributed by atoms with Crippen LogP contribution in [0, 0.1) is 0 Å². The zero-order chi connectivity index (χ0) is 30.5. The maximum Gasteiger partial charge on any atom is 0.264 e. The Kier molecular flexibility index (Phi) is 9.23. The topological polar surface area (TPSA) is 105 Å². The lowest BCUT2D eigenvalue weighted by atomic mass is 9.87. The van der Waals surface area contributed by atoms with Gasteiger partial charge in [-0.3, -0.25) is 13.9 Å². The standard InChI is InChI=1S/C32H32ClN3O5S/c1-32(2,3)23-10-8-22(9-11-23)31(38)35-26-7-5-6-25(20-26)34-30(37)21-36(27-14-12-24(33)13-15-27)42(39,40)29-18-16-28(41-4)17-19-29/h5-20H,21H2,1-4H3,(H,34,37)(H,35,38). The number of sulfonamides is 1. The summed E-state index contributed by atoms with van der Waals surface area (Å²) in [6.45, 7) is 5.80. The normalized spacial score (nSPS) is 11.5. The zero-order valence-electron chi connectivity index (χ0n) is 23.7. The summed E-state index contributed by atoms with van der Waals surface area (Å²) in [6.07, 6.45) is 0. The SMILES string of the molecule is COc1ccc(S(=O)(=O)N(CC(=O)Nc2cccc(NC(=O)c3ccc(C(C)(C)C)cc3)c2)c2ccc(Cl)cc2)cc1. The van der Waals surface area contributed by atoms with Gasteiger partial charge in [-0.05, 0) is 89.8 Å². The van der Waals surface area contributed by atoms with E-state index >= 15 is 0 Å². The lowest BCUT2D eigenvalue weighted by molar-refractivity contribution is -0.114. The van der Waals surface area contributed by atoms with Gasteiger partial charge in [-0.2, -0.15) is 0 Å². The van der Waals surface area contributed by atoms with E-state index in [1.54, 1.807) is 48.5 Å². The Morgan fingerprint density at radius 2 is 1.43 bits per heavy atom. The summed E-state index contributed by atoms with van der Waals surface area (Å²) in [5.74, 6) is -0.375. The molecule has 0 aromatic heterocycles. The van der Waals surface area contributed by atoms with Crippen molar-refractivity contribution in [2.75, 3.05) is 28.6 Å². The number of nitrogens with one attached hydrogen (secondary N) is 2. The van der Waals surface area contributed by atoms with Gasteiger partial charge in [0, 0.05) is 22.0 Å². The minimum atomic E-state index is -4.13. The molecule has 0 heterocycles. The van der Waals surface area contributed by atoms with Gasteiger partial charge in [0.15, 0.2) is 0 Å². The van der Waals surface area contributed by atoms with Gasteiger partial charge in [-0.1, -0.05) is 50.6 Å². The Morgan fingerprint density at radius 1 is 0.833 bits per heavy atom. The van der Waals surface area contributed by atoms with Gasteiger partial charge in [-0.15, -0.1) is 0 Å². The van der Waals surface area contributed by atoms with Crippen molar-refractivity contribution in [2.24, 2.45) is 0 Å². The van der Waals surface area contributed by atoms with Crippen molar-refractivity contribution in [3.8, 4) is 5.75 Å². The molecule has 4 aromatic carbocycles. The summed E-state index contributed by atoms with van der Waals surface area (Å²) in [6, 6.07) is 26.1. The van der Waals surface area contributed by atoms with Crippen molar-refractivity contribution in [1.29, 1.82) is 0 Å². The van der Waals surface area contributed by atoms with Crippen LogP contribution in [0.4, 0.5) is 17.1 Å². The number of rotatable bonds is 9. The van der Waals surface area contributed by atoms with E-state index in [2.05, 4.69) is 31.4 Å². The number of carbonyl (C=O) groups is 2. The number of hydrogen-bond acceptors (Lipinski definition) is 5. The highest BCUT2D eigenvalue weighted by Gasteiger charge is 2.27. The van der Waals surface area contributed by atoms with E-state index in [4.69, 9.17) is 16.3 Å². The molecule has 0 saturated carbocycles. The lowest BCUT2D eigenvalue weighted by Gasteiger charge is -2.24. The summed E-state index contributed by atoms with van der Waals surface area (Å²) in [5, 5.41) is 5.99. The van der Waals surface area contributed by atoms with E-state index in [-0.39, 0.29) is 21.9 Å². The van der Waals surface area contributed by atoms with Crippen LogP contribution in [0.1, 0.15) is 36.7 Å². The number of nitrogens with zero attached hydrogens (tertiary/aromatic N) is 1. The van der Waals surface area contributed by atoms with Crippen molar-refractivity contribution in [1.82, 2.24) is 0 Å².